The fraction of sp³-hybridized carbons (Fsp3) is 0.375. The molecule has 2 N–H and O–H groups in total. The van der Waals surface area contributed by atoms with E-state index in [1.165, 1.54) is 0 Å². The molecule has 0 bridgehead atoms. The van der Waals surface area contributed by atoms with Gasteiger partial charge in [-0.2, -0.15) is 0 Å². The lowest BCUT2D eigenvalue weighted by Crippen LogP contribution is -2.04. The summed E-state index contributed by atoms with van der Waals surface area (Å²) in [5, 5.41) is 0. The fourth-order valence-corrected chi connectivity index (χ4v) is 2.63. The molecule has 0 aliphatic heterocycles. The maximum Gasteiger partial charge on any atom is 0.203 e. The molecule has 0 aliphatic carbocycles. The van der Waals surface area contributed by atoms with Crippen LogP contribution in [0.3, 0.4) is 0 Å². The van der Waals surface area contributed by atoms with Gasteiger partial charge in [0.1, 0.15) is 0 Å². The molecule has 0 unspecified atom stereocenters. The van der Waals surface area contributed by atoms with Crippen molar-refractivity contribution < 1.29 is 14.2 Å². The molecule has 1 aromatic carbocycles. The van der Waals surface area contributed by atoms with Crippen molar-refractivity contribution in [3.8, 4) is 22.9 Å². The lowest BCUT2D eigenvalue weighted by Gasteiger charge is -2.16. The lowest BCUT2D eigenvalue weighted by atomic mass is 10.2. The number of methoxy groups -OCH3 is 3. The summed E-state index contributed by atoms with van der Waals surface area (Å²) in [6.07, 6.45) is 0. The second-order valence-corrected chi connectivity index (χ2v) is 4.82. The van der Waals surface area contributed by atoms with Crippen LogP contribution in [0.2, 0.25) is 0 Å². The van der Waals surface area contributed by atoms with Crippen molar-refractivity contribution in [2.24, 2.45) is 5.73 Å². The average molecular weight is 290 g/mol. The zero-order valence-electron chi connectivity index (χ0n) is 13.2. The number of nitrogens with two attached hydrogens (primary N) is 1. The van der Waals surface area contributed by atoms with Crippen LogP contribution in [0.4, 0.5) is 0 Å². The predicted octanol–water partition coefficient (Wildman–Crippen LogP) is 2.58. The minimum atomic E-state index is 0.518. The van der Waals surface area contributed by atoms with Crippen molar-refractivity contribution in [2.45, 2.75) is 20.4 Å². The van der Waals surface area contributed by atoms with Gasteiger partial charge in [0.2, 0.25) is 5.75 Å². The Labute approximate surface area is 125 Å². The van der Waals surface area contributed by atoms with E-state index in [0.717, 1.165) is 22.6 Å². The largest absolute Gasteiger partial charge is 0.493 e. The smallest absolute Gasteiger partial charge is 0.203 e. The zero-order chi connectivity index (χ0) is 15.6. The van der Waals surface area contributed by atoms with Gasteiger partial charge in [0.15, 0.2) is 11.5 Å². The highest BCUT2D eigenvalue weighted by Crippen LogP contribution is 2.40. The van der Waals surface area contributed by atoms with E-state index in [2.05, 4.69) is 24.5 Å². The highest BCUT2D eigenvalue weighted by Gasteiger charge is 2.16. The highest BCUT2D eigenvalue weighted by atomic mass is 16.5. The summed E-state index contributed by atoms with van der Waals surface area (Å²) in [7, 11) is 4.82. The van der Waals surface area contributed by atoms with Crippen LogP contribution in [0, 0.1) is 13.8 Å². The van der Waals surface area contributed by atoms with Crippen molar-refractivity contribution in [3.05, 3.63) is 35.2 Å². The first-order valence-corrected chi connectivity index (χ1v) is 6.75. The van der Waals surface area contributed by atoms with E-state index in [0.29, 0.717) is 23.8 Å². The van der Waals surface area contributed by atoms with E-state index in [-0.39, 0.29) is 0 Å². The van der Waals surface area contributed by atoms with Crippen LogP contribution in [0.1, 0.15) is 17.0 Å². The first-order chi connectivity index (χ1) is 10.1. The van der Waals surface area contributed by atoms with Gasteiger partial charge < -0.3 is 24.5 Å². The van der Waals surface area contributed by atoms with E-state index < -0.39 is 0 Å². The number of aromatic nitrogens is 1. The number of hydrogen-bond donors (Lipinski definition) is 1. The number of nitrogens with zero attached hydrogens (tertiary/aromatic N) is 1. The Balaban J connectivity index is 2.67. The Bertz CT molecular complexity index is 622. The molecule has 21 heavy (non-hydrogen) atoms. The van der Waals surface area contributed by atoms with Crippen LogP contribution < -0.4 is 19.9 Å². The molecule has 1 aromatic heterocycles. The summed E-state index contributed by atoms with van der Waals surface area (Å²) >= 11 is 0. The van der Waals surface area contributed by atoms with Crippen molar-refractivity contribution >= 4 is 0 Å². The number of hydrogen-bond acceptors (Lipinski definition) is 4. The van der Waals surface area contributed by atoms with E-state index >= 15 is 0 Å². The molecule has 0 amide bonds. The Morgan fingerprint density at radius 3 is 1.90 bits per heavy atom. The number of benzene rings is 1. The molecular weight excluding hydrogens is 268 g/mol. The number of aryl methyl sites for hydroxylation is 1. The second kappa shape index (κ2) is 6.10. The molecule has 114 valence electrons. The minimum Gasteiger partial charge on any atom is -0.493 e. The van der Waals surface area contributed by atoms with Crippen LogP contribution in [-0.4, -0.2) is 25.9 Å². The maximum atomic E-state index is 5.79. The second-order valence-electron chi connectivity index (χ2n) is 4.82. The van der Waals surface area contributed by atoms with Gasteiger partial charge in [0.25, 0.3) is 0 Å². The molecular formula is C16H22N2O3. The molecule has 0 aliphatic rings. The SMILES string of the molecule is COc1cc(-n2c(C)cc(CN)c2C)cc(OC)c1OC. The molecule has 5 nitrogen and oxygen atoms in total. The molecule has 0 fully saturated rings. The summed E-state index contributed by atoms with van der Waals surface area (Å²) in [5.41, 5.74) is 10.1. The standard InChI is InChI=1S/C16H22N2O3/c1-10-6-12(9-17)11(2)18(10)13-7-14(19-3)16(21-5)15(8-13)20-4/h6-8H,9,17H2,1-5H3. The van der Waals surface area contributed by atoms with Gasteiger partial charge in [-0.15, -0.1) is 0 Å². The Kier molecular flexibility index (Phi) is 4.43. The van der Waals surface area contributed by atoms with Gasteiger partial charge in [-0.1, -0.05) is 0 Å². The number of rotatable bonds is 5. The minimum absolute atomic E-state index is 0.518. The third-order valence-electron chi connectivity index (χ3n) is 3.66. The van der Waals surface area contributed by atoms with Crippen molar-refractivity contribution in [1.29, 1.82) is 0 Å². The summed E-state index contributed by atoms with van der Waals surface area (Å²) in [5.74, 6) is 1.85. The molecule has 2 rings (SSSR count). The van der Waals surface area contributed by atoms with Crippen LogP contribution >= 0.6 is 0 Å². The van der Waals surface area contributed by atoms with Crippen LogP contribution in [-0.2, 0) is 6.54 Å². The molecule has 5 heteroatoms. The topological polar surface area (TPSA) is 58.6 Å². The first kappa shape index (κ1) is 15.3. The molecule has 0 atom stereocenters. The highest BCUT2D eigenvalue weighted by molar-refractivity contribution is 5.59. The van der Waals surface area contributed by atoms with Gasteiger partial charge in [-0.25, -0.2) is 0 Å². The Morgan fingerprint density at radius 2 is 1.52 bits per heavy atom. The molecule has 0 radical (unpaired) electrons. The van der Waals surface area contributed by atoms with Gasteiger partial charge in [0, 0.05) is 30.1 Å². The fourth-order valence-electron chi connectivity index (χ4n) is 2.63. The van der Waals surface area contributed by atoms with Gasteiger partial charge in [-0.3, -0.25) is 0 Å². The molecule has 0 saturated heterocycles. The van der Waals surface area contributed by atoms with Crippen LogP contribution in [0.15, 0.2) is 18.2 Å². The van der Waals surface area contributed by atoms with Crippen LogP contribution in [0.25, 0.3) is 5.69 Å². The van der Waals surface area contributed by atoms with E-state index in [1.54, 1.807) is 21.3 Å². The lowest BCUT2D eigenvalue weighted by molar-refractivity contribution is 0.324. The third-order valence-corrected chi connectivity index (χ3v) is 3.66. The summed E-state index contributed by atoms with van der Waals surface area (Å²) in [6.45, 7) is 4.62. The van der Waals surface area contributed by atoms with Gasteiger partial charge in [0.05, 0.1) is 27.0 Å². The Morgan fingerprint density at radius 1 is 0.952 bits per heavy atom. The summed E-state index contributed by atoms with van der Waals surface area (Å²) in [4.78, 5) is 0. The zero-order valence-corrected chi connectivity index (χ0v) is 13.2. The van der Waals surface area contributed by atoms with Crippen molar-refractivity contribution in [1.82, 2.24) is 4.57 Å². The van der Waals surface area contributed by atoms with Gasteiger partial charge in [-0.05, 0) is 25.5 Å². The normalized spacial score (nSPS) is 10.6. The summed E-state index contributed by atoms with van der Waals surface area (Å²) in [6, 6.07) is 5.96. The van der Waals surface area contributed by atoms with E-state index in [1.807, 2.05) is 12.1 Å². The monoisotopic (exact) mass is 290 g/mol. The quantitative estimate of drug-likeness (QED) is 0.919. The molecule has 1 heterocycles. The predicted molar refractivity (Wildman–Crippen MR) is 82.8 cm³/mol. The number of ether oxygens (including phenoxy) is 3. The first-order valence-electron chi connectivity index (χ1n) is 6.75. The molecule has 0 spiro atoms. The van der Waals surface area contributed by atoms with E-state index in [9.17, 15) is 0 Å². The van der Waals surface area contributed by atoms with Crippen molar-refractivity contribution in [3.63, 3.8) is 0 Å². The van der Waals surface area contributed by atoms with Gasteiger partial charge >= 0.3 is 0 Å². The van der Waals surface area contributed by atoms with E-state index in [4.69, 9.17) is 19.9 Å². The molecule has 2 aromatic rings. The third kappa shape index (κ3) is 2.56. The van der Waals surface area contributed by atoms with Crippen molar-refractivity contribution in [2.75, 3.05) is 21.3 Å². The van der Waals surface area contributed by atoms with Crippen LogP contribution in [0.5, 0.6) is 17.2 Å². The summed E-state index contributed by atoms with van der Waals surface area (Å²) < 4.78 is 18.3. The average Bonchev–Trinajstić information content (AvgIpc) is 2.79. The molecule has 0 saturated carbocycles. The maximum absolute atomic E-state index is 5.79. The Hall–Kier alpha value is -2.14.